The molecule has 9 heteroatoms. The van der Waals surface area contributed by atoms with Gasteiger partial charge in [-0.2, -0.15) is 13.2 Å². The van der Waals surface area contributed by atoms with Crippen molar-refractivity contribution < 1.29 is 38.0 Å². The maximum atomic E-state index is 11.9. The predicted molar refractivity (Wildman–Crippen MR) is 46.3 cm³/mol. The number of hydrogen-bond donors (Lipinski definition) is 4. The van der Waals surface area contributed by atoms with E-state index in [-0.39, 0.29) is 0 Å². The Labute approximate surface area is 94.0 Å². The number of aliphatic hydroxyl groups excluding tert-OH is 3. The van der Waals surface area contributed by atoms with E-state index < -0.39 is 43.0 Å². The molecule has 4 N–H and O–H groups in total. The number of ether oxygens (including phenoxy) is 1. The van der Waals surface area contributed by atoms with E-state index in [4.69, 9.17) is 5.11 Å². The van der Waals surface area contributed by atoms with Crippen LogP contribution in [0, 0.1) is 6.61 Å². The molecule has 99 valence electrons. The number of alkyl halides is 3. The van der Waals surface area contributed by atoms with Gasteiger partial charge in [-0.3, -0.25) is 4.79 Å². The molecule has 1 aliphatic heterocycles. The highest BCUT2D eigenvalue weighted by atomic mass is 19.4. The first-order chi connectivity index (χ1) is 7.77. The zero-order valence-electron chi connectivity index (χ0n) is 8.39. The van der Waals surface area contributed by atoms with E-state index in [0.717, 1.165) is 6.61 Å². The third kappa shape index (κ3) is 3.28. The number of amides is 1. The van der Waals surface area contributed by atoms with Crippen molar-refractivity contribution in [3.63, 3.8) is 0 Å². The number of halogens is 3. The lowest BCUT2D eigenvalue weighted by Crippen LogP contribution is -2.59. The summed E-state index contributed by atoms with van der Waals surface area (Å²) in [6.07, 6.45) is -9.51. The molecule has 0 aliphatic carbocycles. The monoisotopic (exact) mass is 258 g/mol. The number of aliphatic hydroxyl groups is 3. The quantitative estimate of drug-likeness (QED) is 0.473. The maximum absolute atomic E-state index is 11.9. The molecule has 1 rings (SSSR count). The lowest BCUT2D eigenvalue weighted by molar-refractivity contribution is -0.180. The number of hydrogen-bond acceptors (Lipinski definition) is 5. The van der Waals surface area contributed by atoms with Gasteiger partial charge in [-0.1, -0.05) is 0 Å². The van der Waals surface area contributed by atoms with Gasteiger partial charge in [0.2, 0.25) is 0 Å². The highest BCUT2D eigenvalue weighted by Crippen LogP contribution is 2.20. The minimum atomic E-state index is -5.09. The third-order valence-electron chi connectivity index (χ3n) is 2.23. The number of rotatable bonds is 2. The van der Waals surface area contributed by atoms with Crippen molar-refractivity contribution in [1.82, 2.24) is 5.32 Å². The minimum absolute atomic E-state index is 0.616. The second kappa shape index (κ2) is 5.17. The minimum Gasteiger partial charge on any atom is -0.394 e. The average molecular weight is 258 g/mol. The van der Waals surface area contributed by atoms with Crippen LogP contribution in [0.2, 0.25) is 0 Å². The van der Waals surface area contributed by atoms with Crippen molar-refractivity contribution in [2.24, 2.45) is 0 Å². The normalized spacial score (nSPS) is 34.5. The van der Waals surface area contributed by atoms with E-state index >= 15 is 0 Å². The Morgan fingerprint density at radius 1 is 1.35 bits per heavy atom. The molecule has 0 unspecified atom stereocenters. The van der Waals surface area contributed by atoms with Crippen molar-refractivity contribution in [3.8, 4) is 0 Å². The van der Waals surface area contributed by atoms with Gasteiger partial charge in [-0.05, 0) is 0 Å². The predicted octanol–water partition coefficient (Wildman–Crippen LogP) is -1.69. The number of nitrogens with one attached hydrogen (secondary N) is 1. The number of carbonyl (C=O) groups excluding carboxylic acids is 1. The fraction of sp³-hybridized carbons (Fsp3) is 0.750. The zero-order valence-corrected chi connectivity index (χ0v) is 8.39. The van der Waals surface area contributed by atoms with Gasteiger partial charge in [0, 0.05) is 0 Å². The Bertz CT molecular complexity index is 285. The Kier molecular flexibility index (Phi) is 4.31. The summed E-state index contributed by atoms with van der Waals surface area (Å²) in [4.78, 5) is 10.6. The van der Waals surface area contributed by atoms with Gasteiger partial charge < -0.3 is 25.4 Å². The highest BCUT2D eigenvalue weighted by Gasteiger charge is 2.44. The Hall–Kier alpha value is -0.900. The van der Waals surface area contributed by atoms with E-state index in [1.807, 2.05) is 0 Å². The molecule has 0 spiro atoms. The van der Waals surface area contributed by atoms with Crippen molar-refractivity contribution in [3.05, 3.63) is 6.61 Å². The smallest absolute Gasteiger partial charge is 0.394 e. The van der Waals surface area contributed by atoms with Crippen molar-refractivity contribution in [2.45, 2.75) is 30.5 Å². The second-order valence-corrected chi connectivity index (χ2v) is 3.47. The van der Waals surface area contributed by atoms with E-state index in [2.05, 4.69) is 4.74 Å². The summed E-state index contributed by atoms with van der Waals surface area (Å²) in [7, 11) is 0. The molecule has 17 heavy (non-hydrogen) atoms. The molecule has 1 saturated heterocycles. The fourth-order valence-electron chi connectivity index (χ4n) is 1.28. The van der Waals surface area contributed by atoms with Crippen LogP contribution in [0.15, 0.2) is 0 Å². The van der Waals surface area contributed by atoms with Crippen LogP contribution in [-0.2, 0) is 9.53 Å². The molecule has 0 aromatic carbocycles. The first-order valence-corrected chi connectivity index (χ1v) is 4.61. The summed E-state index contributed by atoms with van der Waals surface area (Å²) >= 11 is 0. The van der Waals surface area contributed by atoms with Crippen LogP contribution in [0.1, 0.15) is 0 Å². The molecular formula is C8H11F3NO5. The maximum Gasteiger partial charge on any atom is 0.471 e. The van der Waals surface area contributed by atoms with Gasteiger partial charge in [-0.25, -0.2) is 0 Å². The van der Waals surface area contributed by atoms with Crippen LogP contribution in [0.25, 0.3) is 0 Å². The fourth-order valence-corrected chi connectivity index (χ4v) is 1.28. The standard InChI is InChI=1S/C8H11F3NO5/c9-8(10,11)7(16)12-3-2-17-4(1-13)6(15)5(3)14/h2-6,13-15H,1H2,(H,12,16)/t3-,4+,5+,6+/m0/s1. The molecule has 0 saturated carbocycles. The first kappa shape index (κ1) is 14.2. The van der Waals surface area contributed by atoms with Gasteiger partial charge in [0.15, 0.2) is 0 Å². The van der Waals surface area contributed by atoms with Gasteiger partial charge in [0.25, 0.3) is 0 Å². The molecule has 0 aromatic rings. The van der Waals surface area contributed by atoms with E-state index in [1.54, 1.807) is 0 Å². The Morgan fingerprint density at radius 3 is 2.41 bits per heavy atom. The largest absolute Gasteiger partial charge is 0.471 e. The molecule has 1 heterocycles. The molecule has 0 bridgehead atoms. The second-order valence-electron chi connectivity index (χ2n) is 3.47. The highest BCUT2D eigenvalue weighted by molar-refractivity contribution is 5.82. The van der Waals surface area contributed by atoms with Crippen LogP contribution in [0.3, 0.4) is 0 Å². The summed E-state index contributed by atoms with van der Waals surface area (Å²) in [6.45, 7) is 0.122. The first-order valence-electron chi connectivity index (χ1n) is 4.61. The lowest BCUT2D eigenvalue weighted by atomic mass is 9.98. The van der Waals surface area contributed by atoms with Crippen LogP contribution in [0.5, 0.6) is 0 Å². The molecule has 1 aliphatic rings. The molecule has 6 nitrogen and oxygen atoms in total. The molecule has 1 radical (unpaired) electrons. The Morgan fingerprint density at radius 2 is 1.94 bits per heavy atom. The van der Waals surface area contributed by atoms with Gasteiger partial charge >= 0.3 is 12.1 Å². The summed E-state index contributed by atoms with van der Waals surface area (Å²) in [5.41, 5.74) is 0. The summed E-state index contributed by atoms with van der Waals surface area (Å²) in [6, 6.07) is -1.50. The molecular weight excluding hydrogens is 247 g/mol. The van der Waals surface area contributed by atoms with E-state index in [9.17, 15) is 28.2 Å². The molecule has 4 atom stereocenters. The van der Waals surface area contributed by atoms with E-state index in [1.165, 1.54) is 5.32 Å². The average Bonchev–Trinajstić information content (AvgIpc) is 2.23. The molecule has 0 aromatic heterocycles. The van der Waals surface area contributed by atoms with Crippen molar-refractivity contribution in [1.29, 1.82) is 0 Å². The van der Waals surface area contributed by atoms with Crippen LogP contribution >= 0.6 is 0 Å². The summed E-state index contributed by atoms with van der Waals surface area (Å²) < 4.78 is 40.4. The van der Waals surface area contributed by atoms with Gasteiger partial charge in [-0.15, -0.1) is 0 Å². The lowest BCUT2D eigenvalue weighted by Gasteiger charge is -2.36. The Balaban J connectivity index is 2.60. The summed E-state index contributed by atoms with van der Waals surface area (Å²) in [5.74, 6) is -2.25. The van der Waals surface area contributed by atoms with Crippen LogP contribution in [0.4, 0.5) is 13.2 Å². The molecule has 1 amide bonds. The topological polar surface area (TPSA) is 99.0 Å². The zero-order chi connectivity index (χ0) is 13.2. The van der Waals surface area contributed by atoms with E-state index in [0.29, 0.717) is 0 Å². The SMILES string of the molecule is O=C(N[C@H]1[CH]O[C@H](CO)[C@@H](O)[C@@H]1O)C(F)(F)F. The summed E-state index contributed by atoms with van der Waals surface area (Å²) in [5, 5.41) is 28.9. The van der Waals surface area contributed by atoms with Gasteiger partial charge in [0.1, 0.15) is 24.9 Å². The number of carbonyl (C=O) groups is 1. The van der Waals surface area contributed by atoms with Gasteiger partial charge in [0.05, 0.1) is 12.6 Å². The van der Waals surface area contributed by atoms with Crippen molar-refractivity contribution >= 4 is 5.91 Å². The van der Waals surface area contributed by atoms with Crippen LogP contribution < -0.4 is 5.32 Å². The molecule has 1 fully saturated rings. The van der Waals surface area contributed by atoms with Crippen molar-refractivity contribution in [2.75, 3.05) is 6.61 Å². The van der Waals surface area contributed by atoms with Crippen LogP contribution in [-0.4, -0.2) is 58.4 Å². The third-order valence-corrected chi connectivity index (χ3v) is 2.23.